The summed E-state index contributed by atoms with van der Waals surface area (Å²) in [6, 6.07) is 8.56. The Labute approximate surface area is 110 Å². The molecule has 100 valence electrons. The number of aromatic hydroxyl groups is 1. The molecule has 0 saturated heterocycles. The number of nitrogens with one attached hydrogen (secondary N) is 1. The minimum absolute atomic E-state index is 0.0775. The van der Waals surface area contributed by atoms with Crippen molar-refractivity contribution in [2.75, 3.05) is 20.3 Å². The molecular formula is C14H15NO4. The number of hydrogen-bond donors (Lipinski definition) is 3. The highest BCUT2D eigenvalue weighted by atomic mass is 16.5. The predicted octanol–water partition coefficient (Wildman–Crippen LogP) is 1.28. The third-order valence-electron chi connectivity index (χ3n) is 2.80. The van der Waals surface area contributed by atoms with Gasteiger partial charge in [0.25, 0.3) is 5.91 Å². The average molecular weight is 261 g/mol. The Balaban J connectivity index is 2.65. The van der Waals surface area contributed by atoms with E-state index in [1.807, 2.05) is 6.07 Å². The van der Waals surface area contributed by atoms with Gasteiger partial charge in [0.2, 0.25) is 0 Å². The van der Waals surface area contributed by atoms with Crippen LogP contribution in [0.4, 0.5) is 0 Å². The molecule has 0 radical (unpaired) electrons. The van der Waals surface area contributed by atoms with Crippen LogP contribution in [-0.4, -0.2) is 36.4 Å². The molecule has 0 spiro atoms. The van der Waals surface area contributed by atoms with E-state index in [1.54, 1.807) is 18.2 Å². The summed E-state index contributed by atoms with van der Waals surface area (Å²) in [7, 11) is 1.49. The van der Waals surface area contributed by atoms with Gasteiger partial charge in [0, 0.05) is 17.8 Å². The Bertz CT molecular complexity index is 610. The fourth-order valence-electron chi connectivity index (χ4n) is 1.91. The molecule has 2 aromatic carbocycles. The third kappa shape index (κ3) is 2.46. The molecule has 5 heteroatoms. The molecule has 0 bridgehead atoms. The van der Waals surface area contributed by atoms with E-state index in [9.17, 15) is 9.90 Å². The average Bonchev–Trinajstić information content (AvgIpc) is 2.46. The zero-order chi connectivity index (χ0) is 13.8. The van der Waals surface area contributed by atoms with Crippen molar-refractivity contribution in [3.05, 3.63) is 35.9 Å². The van der Waals surface area contributed by atoms with Gasteiger partial charge in [0.05, 0.1) is 12.2 Å². The van der Waals surface area contributed by atoms with Crippen LogP contribution in [0.15, 0.2) is 30.3 Å². The third-order valence-corrected chi connectivity index (χ3v) is 2.80. The second kappa shape index (κ2) is 5.58. The second-order valence-corrected chi connectivity index (χ2v) is 3.97. The standard InChI is InChI=1S/C14H15NO4/c1-15-14(18)11-8-12(19-7-6-16)9-4-2-3-5-10(9)13(11)17/h2-5,8,16-17H,6-7H2,1H3,(H,15,18). The number of fused-ring (bicyclic) bond motifs is 1. The van der Waals surface area contributed by atoms with Crippen LogP contribution in [-0.2, 0) is 0 Å². The van der Waals surface area contributed by atoms with Crippen molar-refractivity contribution < 1.29 is 19.7 Å². The Kier molecular flexibility index (Phi) is 3.87. The van der Waals surface area contributed by atoms with Crippen LogP contribution >= 0.6 is 0 Å². The van der Waals surface area contributed by atoms with E-state index in [0.29, 0.717) is 16.5 Å². The van der Waals surface area contributed by atoms with Crippen LogP contribution in [0, 0.1) is 0 Å². The highest BCUT2D eigenvalue weighted by Crippen LogP contribution is 2.35. The van der Waals surface area contributed by atoms with Gasteiger partial charge in [-0.05, 0) is 6.07 Å². The van der Waals surface area contributed by atoms with Gasteiger partial charge in [-0.3, -0.25) is 4.79 Å². The first-order chi connectivity index (χ1) is 9.19. The summed E-state index contributed by atoms with van der Waals surface area (Å²) >= 11 is 0. The van der Waals surface area contributed by atoms with Crippen molar-refractivity contribution in [1.29, 1.82) is 0 Å². The van der Waals surface area contributed by atoms with E-state index in [4.69, 9.17) is 9.84 Å². The molecule has 0 aromatic heterocycles. The molecule has 1 amide bonds. The Morgan fingerprint density at radius 1 is 1.32 bits per heavy atom. The Morgan fingerprint density at radius 2 is 2.00 bits per heavy atom. The molecule has 0 fully saturated rings. The molecule has 0 atom stereocenters. The smallest absolute Gasteiger partial charge is 0.254 e. The second-order valence-electron chi connectivity index (χ2n) is 3.97. The van der Waals surface area contributed by atoms with Crippen LogP contribution in [0.1, 0.15) is 10.4 Å². The van der Waals surface area contributed by atoms with Crippen LogP contribution in [0.3, 0.4) is 0 Å². The molecule has 2 aromatic rings. The minimum Gasteiger partial charge on any atom is -0.506 e. The minimum atomic E-state index is -0.392. The van der Waals surface area contributed by atoms with Gasteiger partial charge < -0.3 is 20.3 Å². The zero-order valence-corrected chi connectivity index (χ0v) is 10.5. The van der Waals surface area contributed by atoms with Crippen molar-refractivity contribution in [2.24, 2.45) is 0 Å². The summed E-state index contributed by atoms with van der Waals surface area (Å²) in [6.07, 6.45) is 0. The Morgan fingerprint density at radius 3 is 2.63 bits per heavy atom. The van der Waals surface area contributed by atoms with E-state index in [2.05, 4.69) is 5.32 Å². The molecule has 0 aliphatic carbocycles. The first-order valence-corrected chi connectivity index (χ1v) is 5.89. The number of ether oxygens (including phenoxy) is 1. The number of carbonyl (C=O) groups is 1. The summed E-state index contributed by atoms with van der Waals surface area (Å²) in [5.74, 6) is -0.00977. The van der Waals surface area contributed by atoms with Crippen molar-refractivity contribution >= 4 is 16.7 Å². The van der Waals surface area contributed by atoms with E-state index in [0.717, 1.165) is 0 Å². The molecule has 0 unspecified atom stereocenters. The molecule has 0 aliphatic heterocycles. The van der Waals surface area contributed by atoms with Crippen molar-refractivity contribution in [3.63, 3.8) is 0 Å². The number of amides is 1. The van der Waals surface area contributed by atoms with Gasteiger partial charge in [-0.15, -0.1) is 0 Å². The quantitative estimate of drug-likeness (QED) is 0.774. The molecular weight excluding hydrogens is 246 g/mol. The lowest BCUT2D eigenvalue weighted by molar-refractivity contribution is 0.0960. The number of benzene rings is 2. The largest absolute Gasteiger partial charge is 0.506 e. The maximum Gasteiger partial charge on any atom is 0.254 e. The van der Waals surface area contributed by atoms with E-state index in [-0.39, 0.29) is 24.5 Å². The number of hydrogen-bond acceptors (Lipinski definition) is 4. The zero-order valence-electron chi connectivity index (χ0n) is 10.5. The maximum absolute atomic E-state index is 11.7. The fourth-order valence-corrected chi connectivity index (χ4v) is 1.91. The number of carbonyl (C=O) groups excluding carboxylic acids is 1. The van der Waals surface area contributed by atoms with Crippen molar-refractivity contribution in [3.8, 4) is 11.5 Å². The fraction of sp³-hybridized carbons (Fsp3) is 0.214. The highest BCUT2D eigenvalue weighted by molar-refractivity contribution is 6.05. The van der Waals surface area contributed by atoms with Crippen molar-refractivity contribution in [2.45, 2.75) is 0 Å². The summed E-state index contributed by atoms with van der Waals surface area (Å²) < 4.78 is 5.42. The first-order valence-electron chi connectivity index (χ1n) is 5.89. The van der Waals surface area contributed by atoms with E-state index in [1.165, 1.54) is 13.1 Å². The summed E-state index contributed by atoms with van der Waals surface area (Å²) in [4.78, 5) is 11.7. The molecule has 0 saturated carbocycles. The lowest BCUT2D eigenvalue weighted by atomic mass is 10.0. The topological polar surface area (TPSA) is 78.8 Å². The lowest BCUT2D eigenvalue weighted by Crippen LogP contribution is -2.18. The first kappa shape index (κ1) is 13.2. The Hall–Kier alpha value is -2.27. The maximum atomic E-state index is 11.7. The molecule has 2 rings (SSSR count). The highest BCUT2D eigenvalue weighted by Gasteiger charge is 2.16. The van der Waals surface area contributed by atoms with Gasteiger partial charge in [-0.2, -0.15) is 0 Å². The number of aliphatic hydroxyl groups is 1. The predicted molar refractivity (Wildman–Crippen MR) is 71.6 cm³/mol. The van der Waals surface area contributed by atoms with Gasteiger partial charge >= 0.3 is 0 Å². The number of aliphatic hydroxyl groups excluding tert-OH is 1. The summed E-state index contributed by atoms with van der Waals surface area (Å²) in [5, 5.41) is 22.7. The lowest BCUT2D eigenvalue weighted by Gasteiger charge is -2.12. The SMILES string of the molecule is CNC(=O)c1cc(OCCO)c2ccccc2c1O. The number of rotatable bonds is 4. The van der Waals surface area contributed by atoms with Crippen LogP contribution < -0.4 is 10.1 Å². The van der Waals surface area contributed by atoms with Crippen LogP contribution in [0.25, 0.3) is 10.8 Å². The van der Waals surface area contributed by atoms with Gasteiger partial charge in [-0.1, -0.05) is 24.3 Å². The molecule has 5 nitrogen and oxygen atoms in total. The van der Waals surface area contributed by atoms with Crippen LogP contribution in [0.5, 0.6) is 11.5 Å². The number of phenols is 1. The molecule has 19 heavy (non-hydrogen) atoms. The van der Waals surface area contributed by atoms with E-state index >= 15 is 0 Å². The van der Waals surface area contributed by atoms with Gasteiger partial charge in [-0.25, -0.2) is 0 Å². The normalized spacial score (nSPS) is 10.4. The monoisotopic (exact) mass is 261 g/mol. The molecule has 0 heterocycles. The van der Waals surface area contributed by atoms with Gasteiger partial charge in [0.15, 0.2) is 0 Å². The summed E-state index contributed by atoms with van der Waals surface area (Å²) in [6.45, 7) is 0.00641. The van der Waals surface area contributed by atoms with Gasteiger partial charge in [0.1, 0.15) is 18.1 Å². The van der Waals surface area contributed by atoms with E-state index < -0.39 is 5.91 Å². The summed E-state index contributed by atoms with van der Waals surface area (Å²) in [5.41, 5.74) is 0.147. The number of phenolic OH excluding ortho intramolecular Hbond substituents is 1. The molecule has 3 N–H and O–H groups in total. The molecule has 0 aliphatic rings. The van der Waals surface area contributed by atoms with Crippen LogP contribution in [0.2, 0.25) is 0 Å². The van der Waals surface area contributed by atoms with Crippen molar-refractivity contribution in [1.82, 2.24) is 5.32 Å².